The maximum Gasteiger partial charge on any atom is 0.202 e. The molecule has 5 aliphatic carbocycles. The third kappa shape index (κ3) is 2.77. The molecule has 0 aromatic rings. The lowest BCUT2D eigenvalue weighted by molar-refractivity contribution is -0.222. The molecule has 190 valence electrons. The van der Waals surface area contributed by atoms with Gasteiger partial charge >= 0.3 is 0 Å². The molecule has 1 N–H and O–H groups in total. The molecule has 5 aliphatic rings. The van der Waals surface area contributed by atoms with Crippen molar-refractivity contribution in [3.63, 3.8) is 0 Å². The number of carbonyl (C=O) groups excluding carboxylic acids is 1. The van der Waals surface area contributed by atoms with E-state index >= 15 is 0 Å². The standard InChI is InChI=1S/C31H48O3/c1-19(2)20-11-14-31(18-32)16-15-29(6)21(25(20)31)9-10-24-28(5)17-22(34-8)26(33)27(3,4)23(28)12-13-30(24,29)7/h17,20-21,23-25,32H,1,9-16,18H2,2-8H3/t20-,21+,23-,24+,25+,28-,29+,30+,31+/m0/s1. The SMILES string of the molecule is C=C(C)[C@@H]1CC[C@]2(CO)CC[C@]3(C)[C@H](CC[C@@H]4[C@@]5(C)C=C(OC)C(=O)C(C)(C)[C@@H]5CC[C@]43C)[C@@H]12. The van der Waals surface area contributed by atoms with E-state index < -0.39 is 0 Å². The average molecular weight is 469 g/mol. The van der Waals surface area contributed by atoms with Crippen LogP contribution >= 0.6 is 0 Å². The molecule has 0 aromatic heterocycles. The van der Waals surface area contributed by atoms with E-state index in [1.165, 1.54) is 37.7 Å². The van der Waals surface area contributed by atoms with E-state index in [-0.39, 0.29) is 32.9 Å². The Kier molecular flexibility index (Phi) is 5.40. The predicted octanol–water partition coefficient (Wildman–Crippen LogP) is 6.96. The van der Waals surface area contributed by atoms with Crippen LogP contribution < -0.4 is 0 Å². The highest BCUT2D eigenvalue weighted by Crippen LogP contribution is 2.76. The molecule has 0 aromatic carbocycles. The average Bonchev–Trinajstić information content (AvgIpc) is 3.17. The van der Waals surface area contributed by atoms with Gasteiger partial charge in [-0.25, -0.2) is 0 Å². The number of aliphatic hydroxyl groups excluding tert-OH is 1. The fraction of sp³-hybridized carbons (Fsp3) is 0.839. The largest absolute Gasteiger partial charge is 0.493 e. The van der Waals surface area contributed by atoms with Crippen LogP contribution in [0.15, 0.2) is 24.0 Å². The smallest absolute Gasteiger partial charge is 0.202 e. The number of fused-ring (bicyclic) bond motifs is 7. The highest BCUT2D eigenvalue weighted by atomic mass is 16.5. The highest BCUT2D eigenvalue weighted by molar-refractivity contribution is 5.99. The van der Waals surface area contributed by atoms with Gasteiger partial charge < -0.3 is 9.84 Å². The number of ether oxygens (including phenoxy) is 1. The van der Waals surface area contributed by atoms with Crippen LogP contribution in [0.1, 0.15) is 92.9 Å². The first-order valence-electron chi connectivity index (χ1n) is 13.9. The first-order chi connectivity index (χ1) is 15.8. The molecule has 0 heterocycles. The van der Waals surface area contributed by atoms with E-state index in [9.17, 15) is 9.90 Å². The lowest BCUT2D eigenvalue weighted by Crippen LogP contribution is -2.66. The van der Waals surface area contributed by atoms with Crippen molar-refractivity contribution in [2.24, 2.45) is 56.7 Å². The fourth-order valence-electron chi connectivity index (χ4n) is 11.2. The van der Waals surface area contributed by atoms with Gasteiger partial charge in [0.05, 0.1) is 7.11 Å². The Bertz CT molecular complexity index is 931. The Morgan fingerprint density at radius 2 is 1.71 bits per heavy atom. The van der Waals surface area contributed by atoms with E-state index in [0.717, 1.165) is 19.3 Å². The number of aliphatic hydroxyl groups is 1. The molecular formula is C31H48O3. The minimum atomic E-state index is -0.386. The molecule has 4 saturated carbocycles. The molecule has 0 spiro atoms. The van der Waals surface area contributed by atoms with Gasteiger partial charge in [-0.3, -0.25) is 4.79 Å². The Hall–Kier alpha value is -1.09. The maximum atomic E-state index is 13.3. The maximum absolute atomic E-state index is 13.3. The second kappa shape index (κ2) is 7.46. The van der Waals surface area contributed by atoms with E-state index in [4.69, 9.17) is 4.74 Å². The number of rotatable bonds is 3. The van der Waals surface area contributed by atoms with Crippen LogP contribution in [0.25, 0.3) is 0 Å². The van der Waals surface area contributed by atoms with Gasteiger partial charge in [0.25, 0.3) is 0 Å². The lowest BCUT2D eigenvalue weighted by Gasteiger charge is -2.71. The van der Waals surface area contributed by atoms with Crippen LogP contribution in [-0.2, 0) is 9.53 Å². The van der Waals surface area contributed by atoms with Gasteiger partial charge in [-0.15, -0.1) is 0 Å². The molecule has 3 nitrogen and oxygen atoms in total. The zero-order valence-electron chi connectivity index (χ0n) is 22.8. The van der Waals surface area contributed by atoms with Crippen molar-refractivity contribution in [3.8, 4) is 0 Å². The second-order valence-electron chi connectivity index (χ2n) is 14.3. The predicted molar refractivity (Wildman–Crippen MR) is 137 cm³/mol. The summed E-state index contributed by atoms with van der Waals surface area (Å²) < 4.78 is 5.70. The summed E-state index contributed by atoms with van der Waals surface area (Å²) in [6.45, 7) is 19.0. The first-order valence-corrected chi connectivity index (χ1v) is 13.9. The molecule has 0 unspecified atom stereocenters. The zero-order chi connectivity index (χ0) is 24.9. The fourth-order valence-corrected chi connectivity index (χ4v) is 11.2. The zero-order valence-corrected chi connectivity index (χ0v) is 22.8. The monoisotopic (exact) mass is 468 g/mol. The summed E-state index contributed by atoms with van der Waals surface area (Å²) in [6, 6.07) is 0. The summed E-state index contributed by atoms with van der Waals surface area (Å²) >= 11 is 0. The Morgan fingerprint density at radius 1 is 1.00 bits per heavy atom. The summed E-state index contributed by atoms with van der Waals surface area (Å²) in [5.41, 5.74) is 1.48. The van der Waals surface area contributed by atoms with Crippen molar-refractivity contribution in [2.45, 2.75) is 92.9 Å². The van der Waals surface area contributed by atoms with Crippen LogP contribution in [0.4, 0.5) is 0 Å². The normalized spacial score (nSPS) is 51.5. The van der Waals surface area contributed by atoms with Crippen molar-refractivity contribution in [3.05, 3.63) is 24.0 Å². The van der Waals surface area contributed by atoms with Crippen molar-refractivity contribution >= 4 is 5.78 Å². The van der Waals surface area contributed by atoms with E-state index in [1.54, 1.807) is 7.11 Å². The molecule has 0 amide bonds. The van der Waals surface area contributed by atoms with E-state index in [0.29, 0.717) is 42.0 Å². The van der Waals surface area contributed by atoms with Crippen LogP contribution in [-0.4, -0.2) is 24.6 Å². The minimum absolute atomic E-state index is 0.0291. The third-order valence-electron chi connectivity index (χ3n) is 13.1. The molecule has 34 heavy (non-hydrogen) atoms. The van der Waals surface area contributed by atoms with Gasteiger partial charge in [-0.05, 0) is 116 Å². The van der Waals surface area contributed by atoms with Crippen molar-refractivity contribution in [1.29, 1.82) is 0 Å². The highest BCUT2D eigenvalue weighted by Gasteiger charge is 2.70. The lowest BCUT2D eigenvalue weighted by atomic mass is 9.33. The summed E-state index contributed by atoms with van der Waals surface area (Å²) in [5.74, 6) is 3.43. The van der Waals surface area contributed by atoms with Crippen LogP contribution in [0.5, 0.6) is 0 Å². The minimum Gasteiger partial charge on any atom is -0.493 e. The number of ketones is 1. The molecule has 0 radical (unpaired) electrons. The Morgan fingerprint density at radius 3 is 2.32 bits per heavy atom. The van der Waals surface area contributed by atoms with Gasteiger partial charge in [0.2, 0.25) is 5.78 Å². The third-order valence-corrected chi connectivity index (χ3v) is 13.1. The molecule has 0 saturated heterocycles. The number of methoxy groups -OCH3 is 1. The van der Waals surface area contributed by atoms with Gasteiger partial charge in [0.15, 0.2) is 5.76 Å². The quantitative estimate of drug-likeness (QED) is 0.456. The summed E-state index contributed by atoms with van der Waals surface area (Å²) in [6.07, 6.45) is 11.7. The van der Waals surface area contributed by atoms with Gasteiger partial charge in [-0.1, -0.05) is 46.8 Å². The number of Topliss-reactive ketones (excluding diaryl/α,β-unsaturated/α-hetero) is 1. The summed E-state index contributed by atoms with van der Waals surface area (Å²) in [7, 11) is 1.66. The number of carbonyl (C=O) groups is 1. The van der Waals surface area contributed by atoms with Crippen LogP contribution in [0.3, 0.4) is 0 Å². The van der Waals surface area contributed by atoms with Gasteiger partial charge in [0, 0.05) is 12.0 Å². The van der Waals surface area contributed by atoms with Crippen LogP contribution in [0, 0.1) is 56.7 Å². The molecular weight excluding hydrogens is 420 g/mol. The van der Waals surface area contributed by atoms with Gasteiger partial charge in [0.1, 0.15) is 0 Å². The van der Waals surface area contributed by atoms with E-state index in [1.807, 2.05) is 0 Å². The molecule has 3 heteroatoms. The molecule has 0 aliphatic heterocycles. The van der Waals surface area contributed by atoms with Crippen molar-refractivity contribution in [2.75, 3.05) is 13.7 Å². The molecule has 4 fully saturated rings. The number of allylic oxidation sites excluding steroid dienone is 3. The van der Waals surface area contributed by atoms with Crippen molar-refractivity contribution < 1.29 is 14.6 Å². The molecule has 0 bridgehead atoms. The van der Waals surface area contributed by atoms with E-state index in [2.05, 4.69) is 54.2 Å². The Balaban J connectivity index is 1.60. The topological polar surface area (TPSA) is 46.5 Å². The summed E-state index contributed by atoms with van der Waals surface area (Å²) in [4.78, 5) is 13.3. The summed E-state index contributed by atoms with van der Waals surface area (Å²) in [5, 5.41) is 10.7. The molecule has 5 rings (SSSR count). The second-order valence-corrected chi connectivity index (χ2v) is 14.3. The number of hydrogen-bond acceptors (Lipinski definition) is 3. The van der Waals surface area contributed by atoms with Crippen molar-refractivity contribution in [1.82, 2.24) is 0 Å². The van der Waals surface area contributed by atoms with Gasteiger partial charge in [-0.2, -0.15) is 0 Å². The molecule has 9 atom stereocenters. The Labute approximate surface area is 207 Å². The van der Waals surface area contributed by atoms with Crippen LogP contribution in [0.2, 0.25) is 0 Å². The number of hydrogen-bond donors (Lipinski definition) is 1. The first kappa shape index (κ1) is 24.6.